The lowest BCUT2D eigenvalue weighted by molar-refractivity contribution is -0.145. The van der Waals surface area contributed by atoms with Crippen LogP contribution in [0, 0.1) is 5.82 Å². The first-order chi connectivity index (χ1) is 16.4. The van der Waals surface area contributed by atoms with Crippen molar-refractivity contribution < 1.29 is 23.5 Å². The van der Waals surface area contributed by atoms with Crippen LogP contribution in [0.4, 0.5) is 4.39 Å². The van der Waals surface area contributed by atoms with Crippen LogP contribution in [0.1, 0.15) is 18.1 Å². The molecule has 6 nitrogen and oxygen atoms in total. The summed E-state index contributed by atoms with van der Waals surface area (Å²) in [6, 6.07) is 21.5. The SMILES string of the molecule is COC(=O)[C@@H](Cc1ccc(-c2ccccc2)cc1)NC(=O)[C@H](Cc1ccccc1F)NC(C)=O. The maximum atomic E-state index is 14.1. The molecule has 2 N–H and O–H groups in total. The Bertz CT molecular complexity index is 1130. The molecular weight excluding hydrogens is 435 g/mol. The highest BCUT2D eigenvalue weighted by atomic mass is 19.1. The van der Waals surface area contributed by atoms with Crippen molar-refractivity contribution in [2.24, 2.45) is 0 Å². The van der Waals surface area contributed by atoms with Crippen molar-refractivity contribution in [2.75, 3.05) is 7.11 Å². The summed E-state index contributed by atoms with van der Waals surface area (Å²) in [6.45, 7) is 1.27. The van der Waals surface area contributed by atoms with Crippen LogP contribution >= 0.6 is 0 Å². The maximum absolute atomic E-state index is 14.1. The zero-order valence-corrected chi connectivity index (χ0v) is 19.1. The number of carbonyl (C=O) groups is 3. The van der Waals surface area contributed by atoms with E-state index in [1.165, 1.54) is 20.1 Å². The van der Waals surface area contributed by atoms with Gasteiger partial charge in [-0.15, -0.1) is 0 Å². The number of nitrogens with one attached hydrogen (secondary N) is 2. The van der Waals surface area contributed by atoms with Crippen LogP contribution in [-0.4, -0.2) is 37.0 Å². The van der Waals surface area contributed by atoms with E-state index in [1.807, 2.05) is 54.6 Å². The number of halogens is 1. The normalized spacial score (nSPS) is 12.3. The third-order valence-corrected chi connectivity index (χ3v) is 5.38. The van der Waals surface area contributed by atoms with Gasteiger partial charge in [-0.05, 0) is 28.3 Å². The molecule has 2 amide bonds. The van der Waals surface area contributed by atoms with Crippen molar-refractivity contribution in [3.63, 3.8) is 0 Å². The molecule has 0 aliphatic carbocycles. The molecule has 0 aromatic heterocycles. The van der Waals surface area contributed by atoms with Gasteiger partial charge in [0.2, 0.25) is 11.8 Å². The molecule has 3 aromatic carbocycles. The van der Waals surface area contributed by atoms with E-state index >= 15 is 0 Å². The smallest absolute Gasteiger partial charge is 0.328 e. The molecule has 3 rings (SSSR count). The van der Waals surface area contributed by atoms with E-state index in [0.29, 0.717) is 0 Å². The Kier molecular flexibility index (Phi) is 8.51. The summed E-state index contributed by atoms with van der Waals surface area (Å²) in [6.07, 6.45) is 0.137. The fourth-order valence-electron chi connectivity index (χ4n) is 3.65. The minimum absolute atomic E-state index is 0.0578. The second-order valence-electron chi connectivity index (χ2n) is 7.90. The minimum Gasteiger partial charge on any atom is -0.467 e. The topological polar surface area (TPSA) is 84.5 Å². The fourth-order valence-corrected chi connectivity index (χ4v) is 3.65. The molecule has 176 valence electrons. The van der Waals surface area contributed by atoms with Gasteiger partial charge < -0.3 is 15.4 Å². The Labute approximate surface area is 198 Å². The number of benzene rings is 3. The molecular formula is C27H27FN2O4. The summed E-state index contributed by atoms with van der Waals surface area (Å²) in [4.78, 5) is 37.1. The Balaban J connectivity index is 1.74. The van der Waals surface area contributed by atoms with Crippen LogP contribution in [0.3, 0.4) is 0 Å². The molecule has 2 atom stereocenters. The van der Waals surface area contributed by atoms with Gasteiger partial charge >= 0.3 is 5.97 Å². The molecule has 34 heavy (non-hydrogen) atoms. The van der Waals surface area contributed by atoms with E-state index in [1.54, 1.807) is 18.2 Å². The first-order valence-corrected chi connectivity index (χ1v) is 10.9. The van der Waals surface area contributed by atoms with Crippen molar-refractivity contribution in [1.82, 2.24) is 10.6 Å². The monoisotopic (exact) mass is 462 g/mol. The van der Waals surface area contributed by atoms with Gasteiger partial charge in [-0.3, -0.25) is 9.59 Å². The second-order valence-corrected chi connectivity index (χ2v) is 7.90. The maximum Gasteiger partial charge on any atom is 0.328 e. The number of esters is 1. The Hall–Kier alpha value is -4.00. The molecule has 0 fully saturated rings. The van der Waals surface area contributed by atoms with Crippen molar-refractivity contribution in [3.05, 3.63) is 95.8 Å². The molecule has 0 unspecified atom stereocenters. The van der Waals surface area contributed by atoms with E-state index in [4.69, 9.17) is 4.74 Å². The van der Waals surface area contributed by atoms with Crippen molar-refractivity contribution in [3.8, 4) is 11.1 Å². The molecule has 0 heterocycles. The number of rotatable bonds is 9. The Morgan fingerprint density at radius 2 is 1.41 bits per heavy atom. The number of amides is 2. The van der Waals surface area contributed by atoms with E-state index in [9.17, 15) is 18.8 Å². The highest BCUT2D eigenvalue weighted by molar-refractivity contribution is 5.90. The van der Waals surface area contributed by atoms with Crippen LogP contribution in [0.15, 0.2) is 78.9 Å². The van der Waals surface area contributed by atoms with Crippen LogP contribution in [0.2, 0.25) is 0 Å². The summed E-state index contributed by atoms with van der Waals surface area (Å²) < 4.78 is 19.0. The van der Waals surface area contributed by atoms with Crippen molar-refractivity contribution >= 4 is 17.8 Å². The van der Waals surface area contributed by atoms with Crippen LogP contribution in [0.5, 0.6) is 0 Å². The predicted molar refractivity (Wildman–Crippen MR) is 127 cm³/mol. The summed E-state index contributed by atoms with van der Waals surface area (Å²) >= 11 is 0. The van der Waals surface area contributed by atoms with E-state index in [2.05, 4.69) is 10.6 Å². The highest BCUT2D eigenvalue weighted by Gasteiger charge is 2.28. The molecule has 0 radical (unpaired) electrons. The fraction of sp³-hybridized carbons (Fsp3) is 0.222. The summed E-state index contributed by atoms with van der Waals surface area (Å²) in [5.74, 6) is -2.14. The molecule has 7 heteroatoms. The molecule has 0 spiro atoms. The molecule has 0 aliphatic rings. The third-order valence-electron chi connectivity index (χ3n) is 5.38. The highest BCUT2D eigenvalue weighted by Crippen LogP contribution is 2.20. The van der Waals surface area contributed by atoms with E-state index < -0.39 is 35.7 Å². The molecule has 0 saturated heterocycles. The summed E-state index contributed by atoms with van der Waals surface area (Å²) in [5, 5.41) is 5.19. The average molecular weight is 463 g/mol. The third kappa shape index (κ3) is 6.75. The summed E-state index contributed by atoms with van der Waals surface area (Å²) in [5.41, 5.74) is 3.19. The van der Waals surface area contributed by atoms with Crippen LogP contribution < -0.4 is 10.6 Å². The second kappa shape index (κ2) is 11.7. The predicted octanol–water partition coefficient (Wildman–Crippen LogP) is 3.44. The first kappa shape index (κ1) is 24.6. The molecule has 0 bridgehead atoms. The number of ether oxygens (including phenoxy) is 1. The largest absolute Gasteiger partial charge is 0.467 e. The van der Waals surface area contributed by atoms with Crippen LogP contribution in [-0.2, 0) is 32.0 Å². The Morgan fingerprint density at radius 1 is 0.794 bits per heavy atom. The van der Waals surface area contributed by atoms with Gasteiger partial charge in [-0.25, -0.2) is 9.18 Å². The standard InChI is InChI=1S/C27H27FN2O4/c1-18(31)29-24(17-22-10-6-7-11-23(22)28)26(32)30-25(27(33)34-2)16-19-12-14-21(15-13-19)20-8-4-3-5-9-20/h3-15,24-25H,16-17H2,1-2H3,(H,29,31)(H,30,32)/t24-,25+/m0/s1. The van der Waals surface area contributed by atoms with Gasteiger partial charge in [0.15, 0.2) is 0 Å². The lowest BCUT2D eigenvalue weighted by Gasteiger charge is -2.22. The molecule has 3 aromatic rings. The average Bonchev–Trinajstić information content (AvgIpc) is 2.84. The van der Waals surface area contributed by atoms with Crippen molar-refractivity contribution in [1.29, 1.82) is 0 Å². The number of methoxy groups -OCH3 is 1. The first-order valence-electron chi connectivity index (χ1n) is 10.9. The van der Waals surface area contributed by atoms with Gasteiger partial charge in [0.1, 0.15) is 17.9 Å². The van der Waals surface area contributed by atoms with E-state index in [0.717, 1.165) is 16.7 Å². The summed E-state index contributed by atoms with van der Waals surface area (Å²) in [7, 11) is 1.24. The number of hydrogen-bond acceptors (Lipinski definition) is 4. The van der Waals surface area contributed by atoms with E-state index in [-0.39, 0.29) is 18.4 Å². The minimum atomic E-state index is -1.05. The van der Waals surface area contributed by atoms with Crippen molar-refractivity contribution in [2.45, 2.75) is 31.8 Å². The number of hydrogen-bond donors (Lipinski definition) is 2. The zero-order valence-electron chi connectivity index (χ0n) is 19.1. The van der Waals surface area contributed by atoms with Gasteiger partial charge in [0.25, 0.3) is 0 Å². The molecule has 0 aliphatic heterocycles. The lowest BCUT2D eigenvalue weighted by Crippen LogP contribution is -2.53. The quantitative estimate of drug-likeness (QED) is 0.477. The number of carbonyl (C=O) groups excluding carboxylic acids is 3. The van der Waals surface area contributed by atoms with Crippen LogP contribution in [0.25, 0.3) is 11.1 Å². The van der Waals surface area contributed by atoms with Gasteiger partial charge in [-0.1, -0.05) is 72.8 Å². The Morgan fingerprint density at radius 3 is 2.03 bits per heavy atom. The zero-order chi connectivity index (χ0) is 24.5. The van der Waals surface area contributed by atoms with Gasteiger partial charge in [-0.2, -0.15) is 0 Å². The molecule has 0 saturated carbocycles. The van der Waals surface area contributed by atoms with Gasteiger partial charge in [0.05, 0.1) is 7.11 Å². The lowest BCUT2D eigenvalue weighted by atomic mass is 10.00. The van der Waals surface area contributed by atoms with Gasteiger partial charge in [0, 0.05) is 19.8 Å².